The standard InChI is InChI=1S/C19H20N2O4S/c1-14(2)24-17-11-7-6-10-16(17)12-26(22,23)13-18-20-19(21-25-18)15-8-4-3-5-9-15/h3-11,14H,12-13H2,1-2H3. The molecule has 0 radical (unpaired) electrons. The molecule has 0 spiro atoms. The van der Waals surface area contributed by atoms with Crippen molar-refractivity contribution in [2.24, 2.45) is 0 Å². The molecule has 0 saturated carbocycles. The summed E-state index contributed by atoms with van der Waals surface area (Å²) < 4.78 is 35.9. The maximum Gasteiger partial charge on any atom is 0.242 e. The number of hydrogen-bond donors (Lipinski definition) is 0. The molecule has 0 aliphatic heterocycles. The van der Waals surface area contributed by atoms with Crippen LogP contribution in [0.2, 0.25) is 0 Å². The van der Waals surface area contributed by atoms with Gasteiger partial charge in [-0.3, -0.25) is 0 Å². The van der Waals surface area contributed by atoms with E-state index in [1.165, 1.54) is 0 Å². The Morgan fingerprint density at radius 1 is 1.00 bits per heavy atom. The van der Waals surface area contributed by atoms with Gasteiger partial charge < -0.3 is 9.26 Å². The molecule has 0 aliphatic rings. The lowest BCUT2D eigenvalue weighted by Crippen LogP contribution is -2.12. The van der Waals surface area contributed by atoms with E-state index < -0.39 is 9.84 Å². The lowest BCUT2D eigenvalue weighted by atomic mass is 10.2. The second-order valence-corrected chi connectivity index (χ2v) is 8.25. The molecule has 0 aliphatic carbocycles. The van der Waals surface area contributed by atoms with Gasteiger partial charge in [0.05, 0.1) is 11.9 Å². The Morgan fingerprint density at radius 3 is 2.42 bits per heavy atom. The number of rotatable bonds is 7. The van der Waals surface area contributed by atoms with Gasteiger partial charge in [0.2, 0.25) is 11.7 Å². The van der Waals surface area contributed by atoms with Crippen molar-refractivity contribution in [1.29, 1.82) is 0 Å². The number of aromatic nitrogens is 2. The molecule has 3 rings (SSSR count). The lowest BCUT2D eigenvalue weighted by molar-refractivity contribution is 0.240. The molecule has 0 bridgehead atoms. The zero-order valence-electron chi connectivity index (χ0n) is 14.6. The van der Waals surface area contributed by atoms with E-state index >= 15 is 0 Å². The van der Waals surface area contributed by atoms with E-state index in [0.717, 1.165) is 5.56 Å². The van der Waals surface area contributed by atoms with Gasteiger partial charge in [-0.1, -0.05) is 53.7 Å². The van der Waals surface area contributed by atoms with E-state index in [4.69, 9.17) is 9.26 Å². The molecule has 0 amide bonds. The van der Waals surface area contributed by atoms with Gasteiger partial charge in [-0.05, 0) is 19.9 Å². The van der Waals surface area contributed by atoms with E-state index in [1.807, 2.05) is 50.2 Å². The van der Waals surface area contributed by atoms with E-state index in [-0.39, 0.29) is 23.5 Å². The summed E-state index contributed by atoms with van der Waals surface area (Å²) in [4.78, 5) is 4.19. The third kappa shape index (κ3) is 4.70. The summed E-state index contributed by atoms with van der Waals surface area (Å²) in [5.74, 6) is 0.550. The Hall–Kier alpha value is -2.67. The van der Waals surface area contributed by atoms with Crippen molar-refractivity contribution in [3.63, 3.8) is 0 Å². The molecule has 1 aromatic heterocycles. The van der Waals surface area contributed by atoms with E-state index in [9.17, 15) is 8.42 Å². The second kappa shape index (κ2) is 7.70. The molecule has 0 fully saturated rings. The van der Waals surface area contributed by atoms with Gasteiger partial charge in [-0.25, -0.2) is 8.42 Å². The van der Waals surface area contributed by atoms with Gasteiger partial charge in [0, 0.05) is 11.1 Å². The first-order valence-corrected chi connectivity index (χ1v) is 10.1. The predicted molar refractivity (Wildman–Crippen MR) is 98.3 cm³/mol. The molecule has 2 aromatic carbocycles. The highest BCUT2D eigenvalue weighted by molar-refractivity contribution is 7.89. The van der Waals surface area contributed by atoms with Crippen LogP contribution in [0.15, 0.2) is 59.1 Å². The fraction of sp³-hybridized carbons (Fsp3) is 0.263. The van der Waals surface area contributed by atoms with Crippen molar-refractivity contribution >= 4 is 9.84 Å². The highest BCUT2D eigenvalue weighted by Gasteiger charge is 2.20. The van der Waals surface area contributed by atoms with Gasteiger partial charge in [-0.2, -0.15) is 4.98 Å². The second-order valence-electron chi connectivity index (χ2n) is 6.18. The maximum atomic E-state index is 12.6. The number of benzene rings is 2. The van der Waals surface area contributed by atoms with Crippen molar-refractivity contribution in [3.05, 3.63) is 66.1 Å². The first-order valence-electron chi connectivity index (χ1n) is 8.26. The van der Waals surface area contributed by atoms with E-state index in [2.05, 4.69) is 10.1 Å². The van der Waals surface area contributed by atoms with Gasteiger partial charge in [0.15, 0.2) is 9.84 Å². The normalized spacial score (nSPS) is 11.7. The van der Waals surface area contributed by atoms with Crippen molar-refractivity contribution in [2.75, 3.05) is 0 Å². The smallest absolute Gasteiger partial charge is 0.242 e. The summed E-state index contributed by atoms with van der Waals surface area (Å²) in [6, 6.07) is 16.4. The lowest BCUT2D eigenvalue weighted by Gasteiger charge is -2.13. The highest BCUT2D eigenvalue weighted by atomic mass is 32.2. The molecule has 6 nitrogen and oxygen atoms in total. The predicted octanol–water partition coefficient (Wildman–Crippen LogP) is 3.64. The fourth-order valence-corrected chi connectivity index (χ4v) is 3.79. The molecule has 0 N–H and O–H groups in total. The number of para-hydroxylation sites is 1. The van der Waals surface area contributed by atoms with Crippen LogP contribution in [0.3, 0.4) is 0 Å². The Kier molecular flexibility index (Phi) is 5.37. The SMILES string of the molecule is CC(C)Oc1ccccc1CS(=O)(=O)Cc1nc(-c2ccccc2)no1. The van der Waals surface area contributed by atoms with E-state index in [1.54, 1.807) is 18.2 Å². The zero-order valence-corrected chi connectivity index (χ0v) is 15.4. The van der Waals surface area contributed by atoms with Crippen LogP contribution in [-0.4, -0.2) is 24.7 Å². The quantitative estimate of drug-likeness (QED) is 0.630. The zero-order chi connectivity index (χ0) is 18.6. The molecule has 0 saturated heterocycles. The van der Waals surface area contributed by atoms with Gasteiger partial charge in [-0.15, -0.1) is 0 Å². The van der Waals surface area contributed by atoms with Crippen LogP contribution in [0, 0.1) is 0 Å². The largest absolute Gasteiger partial charge is 0.491 e. The van der Waals surface area contributed by atoms with Crippen LogP contribution in [0.1, 0.15) is 25.3 Å². The summed E-state index contributed by atoms with van der Waals surface area (Å²) in [5, 5.41) is 3.86. The number of hydrogen-bond acceptors (Lipinski definition) is 6. The van der Waals surface area contributed by atoms with Crippen LogP contribution in [-0.2, 0) is 21.3 Å². The summed E-state index contributed by atoms with van der Waals surface area (Å²) >= 11 is 0. The van der Waals surface area contributed by atoms with Crippen molar-refractivity contribution in [2.45, 2.75) is 31.5 Å². The average Bonchev–Trinajstić information content (AvgIpc) is 3.04. The molecule has 7 heteroatoms. The van der Waals surface area contributed by atoms with Crippen LogP contribution >= 0.6 is 0 Å². The van der Waals surface area contributed by atoms with Gasteiger partial charge >= 0.3 is 0 Å². The third-order valence-electron chi connectivity index (χ3n) is 3.55. The third-order valence-corrected chi connectivity index (χ3v) is 4.99. The number of sulfone groups is 1. The van der Waals surface area contributed by atoms with Crippen LogP contribution in [0.4, 0.5) is 0 Å². The monoisotopic (exact) mass is 372 g/mol. The Morgan fingerprint density at radius 2 is 1.69 bits per heavy atom. The number of ether oxygens (including phenoxy) is 1. The first kappa shape index (κ1) is 18.1. The van der Waals surface area contributed by atoms with Crippen molar-refractivity contribution < 1.29 is 17.7 Å². The average molecular weight is 372 g/mol. The van der Waals surface area contributed by atoms with E-state index in [0.29, 0.717) is 17.1 Å². The Bertz CT molecular complexity index is 966. The highest BCUT2D eigenvalue weighted by Crippen LogP contribution is 2.23. The van der Waals surface area contributed by atoms with Gasteiger partial charge in [0.1, 0.15) is 11.5 Å². The molecular formula is C19H20N2O4S. The molecule has 0 atom stereocenters. The Labute approximate surface area is 152 Å². The maximum absolute atomic E-state index is 12.6. The summed E-state index contributed by atoms with van der Waals surface area (Å²) in [7, 11) is -3.49. The first-order chi connectivity index (χ1) is 12.4. The summed E-state index contributed by atoms with van der Waals surface area (Å²) in [6.07, 6.45) is -0.0387. The summed E-state index contributed by atoms with van der Waals surface area (Å²) in [5.41, 5.74) is 1.39. The molecule has 1 heterocycles. The van der Waals surface area contributed by atoms with Crippen LogP contribution < -0.4 is 4.74 Å². The van der Waals surface area contributed by atoms with Crippen LogP contribution in [0.5, 0.6) is 5.75 Å². The fourth-order valence-electron chi connectivity index (χ4n) is 2.49. The van der Waals surface area contributed by atoms with Crippen molar-refractivity contribution in [3.8, 4) is 17.1 Å². The van der Waals surface area contributed by atoms with Gasteiger partial charge in [0.25, 0.3) is 0 Å². The molecular weight excluding hydrogens is 352 g/mol. The number of nitrogens with zero attached hydrogens (tertiary/aromatic N) is 2. The minimum absolute atomic E-state index is 0.0387. The summed E-state index contributed by atoms with van der Waals surface area (Å²) in [6.45, 7) is 3.80. The molecule has 26 heavy (non-hydrogen) atoms. The molecule has 136 valence electrons. The van der Waals surface area contributed by atoms with Crippen LogP contribution in [0.25, 0.3) is 11.4 Å². The Balaban J connectivity index is 1.75. The molecule has 3 aromatic rings. The topological polar surface area (TPSA) is 82.3 Å². The van der Waals surface area contributed by atoms with Crippen molar-refractivity contribution in [1.82, 2.24) is 10.1 Å². The minimum atomic E-state index is -3.49. The molecule has 0 unspecified atom stereocenters. The minimum Gasteiger partial charge on any atom is -0.491 e.